The third kappa shape index (κ3) is 14.1. The Hall–Kier alpha value is -0.900. The van der Waals surface area contributed by atoms with E-state index in [4.69, 9.17) is 5.11 Å². The van der Waals surface area contributed by atoms with Gasteiger partial charge in [0.05, 0.1) is 0 Å². The number of carboxylic acids is 1. The van der Waals surface area contributed by atoms with E-state index < -0.39 is 12.1 Å². The number of carbonyl (C=O) groups is 2. The van der Waals surface area contributed by atoms with Gasteiger partial charge in [0.2, 0.25) is 0 Å². The van der Waals surface area contributed by atoms with Crippen LogP contribution in [0.4, 0.5) is 0 Å². The SMILES string of the molecule is CCCCCCCCC(=O)[C@H](O)CCCCCCCC(=O)O. The maximum Gasteiger partial charge on any atom is 0.303 e. The second-order valence-corrected chi connectivity index (χ2v) is 6.20. The summed E-state index contributed by atoms with van der Waals surface area (Å²) in [5.41, 5.74) is 0. The highest BCUT2D eigenvalue weighted by atomic mass is 16.4. The van der Waals surface area contributed by atoms with Crippen molar-refractivity contribution < 1.29 is 19.8 Å². The zero-order chi connectivity index (χ0) is 16.6. The van der Waals surface area contributed by atoms with E-state index in [0.29, 0.717) is 12.8 Å². The monoisotopic (exact) mass is 314 g/mol. The Morgan fingerprint density at radius 2 is 1.27 bits per heavy atom. The first-order valence-corrected chi connectivity index (χ1v) is 9.00. The minimum absolute atomic E-state index is 0.0126. The van der Waals surface area contributed by atoms with Crippen LogP contribution in [-0.4, -0.2) is 28.1 Å². The van der Waals surface area contributed by atoms with E-state index in [9.17, 15) is 14.7 Å². The van der Waals surface area contributed by atoms with Crippen molar-refractivity contribution >= 4 is 11.8 Å². The normalized spacial score (nSPS) is 12.3. The molecular weight excluding hydrogens is 280 g/mol. The summed E-state index contributed by atoms with van der Waals surface area (Å²) in [6, 6.07) is 0. The van der Waals surface area contributed by atoms with Gasteiger partial charge >= 0.3 is 5.97 Å². The lowest BCUT2D eigenvalue weighted by Gasteiger charge is -2.09. The van der Waals surface area contributed by atoms with Crippen molar-refractivity contribution in [2.75, 3.05) is 0 Å². The molecule has 0 heterocycles. The Balaban J connectivity index is 3.40. The van der Waals surface area contributed by atoms with Crippen molar-refractivity contribution in [3.63, 3.8) is 0 Å². The minimum Gasteiger partial charge on any atom is -0.481 e. The van der Waals surface area contributed by atoms with Gasteiger partial charge in [-0.2, -0.15) is 0 Å². The average Bonchev–Trinajstić information content (AvgIpc) is 2.49. The number of hydrogen-bond donors (Lipinski definition) is 2. The summed E-state index contributed by atoms with van der Waals surface area (Å²) in [6.07, 6.45) is 11.8. The second-order valence-electron chi connectivity index (χ2n) is 6.20. The predicted molar refractivity (Wildman–Crippen MR) is 89.0 cm³/mol. The van der Waals surface area contributed by atoms with Crippen LogP contribution in [0.1, 0.15) is 96.8 Å². The van der Waals surface area contributed by atoms with Crippen LogP contribution in [0.15, 0.2) is 0 Å². The molecule has 4 nitrogen and oxygen atoms in total. The molecule has 2 N–H and O–H groups in total. The lowest BCUT2D eigenvalue weighted by Crippen LogP contribution is -2.19. The van der Waals surface area contributed by atoms with Crippen LogP contribution >= 0.6 is 0 Å². The van der Waals surface area contributed by atoms with Crippen molar-refractivity contribution in [2.45, 2.75) is 103 Å². The zero-order valence-corrected chi connectivity index (χ0v) is 14.2. The largest absolute Gasteiger partial charge is 0.481 e. The maximum atomic E-state index is 11.8. The molecule has 0 bridgehead atoms. The molecule has 0 amide bonds. The Morgan fingerprint density at radius 1 is 0.773 bits per heavy atom. The molecule has 0 aliphatic rings. The van der Waals surface area contributed by atoms with Gasteiger partial charge in [-0.05, 0) is 19.3 Å². The van der Waals surface area contributed by atoms with Gasteiger partial charge in [0.25, 0.3) is 0 Å². The van der Waals surface area contributed by atoms with E-state index in [2.05, 4.69) is 6.92 Å². The Kier molecular flexibility index (Phi) is 14.4. The predicted octanol–water partition coefficient (Wildman–Crippen LogP) is 4.48. The van der Waals surface area contributed by atoms with Gasteiger partial charge < -0.3 is 10.2 Å². The summed E-state index contributed by atoms with van der Waals surface area (Å²) in [5.74, 6) is -0.753. The van der Waals surface area contributed by atoms with Gasteiger partial charge in [-0.15, -0.1) is 0 Å². The van der Waals surface area contributed by atoms with Gasteiger partial charge in [-0.25, -0.2) is 0 Å². The summed E-state index contributed by atoms with van der Waals surface area (Å²) in [6.45, 7) is 2.19. The molecule has 22 heavy (non-hydrogen) atoms. The number of aliphatic hydroxyl groups excluding tert-OH is 1. The van der Waals surface area contributed by atoms with Gasteiger partial charge in [0.1, 0.15) is 6.10 Å². The Morgan fingerprint density at radius 3 is 1.86 bits per heavy atom. The van der Waals surface area contributed by atoms with Crippen LogP contribution in [0, 0.1) is 0 Å². The molecular formula is C18H34O4. The number of ketones is 1. The lowest BCUT2D eigenvalue weighted by molar-refractivity contribution is -0.137. The molecule has 0 unspecified atom stereocenters. The van der Waals surface area contributed by atoms with Gasteiger partial charge in [-0.3, -0.25) is 9.59 Å². The highest BCUT2D eigenvalue weighted by Gasteiger charge is 2.13. The summed E-state index contributed by atoms with van der Waals surface area (Å²) < 4.78 is 0. The quantitative estimate of drug-likeness (QED) is 0.412. The highest BCUT2D eigenvalue weighted by Crippen LogP contribution is 2.12. The molecule has 1 atom stereocenters. The van der Waals surface area contributed by atoms with E-state index >= 15 is 0 Å². The first kappa shape index (κ1) is 21.1. The van der Waals surface area contributed by atoms with Crippen LogP contribution in [0.5, 0.6) is 0 Å². The smallest absolute Gasteiger partial charge is 0.303 e. The third-order valence-electron chi connectivity index (χ3n) is 4.02. The van der Waals surface area contributed by atoms with Crippen LogP contribution in [0.2, 0.25) is 0 Å². The fourth-order valence-electron chi connectivity index (χ4n) is 2.55. The molecule has 0 spiro atoms. The molecule has 0 saturated heterocycles. The molecule has 0 rings (SSSR count). The fraction of sp³-hybridized carbons (Fsp3) is 0.889. The van der Waals surface area contributed by atoms with Gasteiger partial charge in [0, 0.05) is 12.8 Å². The number of rotatable bonds is 16. The molecule has 0 saturated carbocycles. The number of carbonyl (C=O) groups excluding carboxylic acids is 1. The van der Waals surface area contributed by atoms with Crippen molar-refractivity contribution in [2.24, 2.45) is 0 Å². The van der Waals surface area contributed by atoms with E-state index in [1.165, 1.54) is 25.7 Å². The lowest BCUT2D eigenvalue weighted by atomic mass is 10.0. The molecule has 0 aromatic heterocycles. The van der Waals surface area contributed by atoms with Crippen molar-refractivity contribution in [3.05, 3.63) is 0 Å². The summed E-state index contributed by atoms with van der Waals surface area (Å²) in [5, 5.41) is 18.3. The first-order valence-electron chi connectivity index (χ1n) is 9.00. The Bertz CT molecular complexity index is 289. The average molecular weight is 314 g/mol. The molecule has 0 fully saturated rings. The second kappa shape index (κ2) is 15.0. The first-order chi connectivity index (χ1) is 10.6. The molecule has 0 radical (unpaired) electrons. The summed E-state index contributed by atoms with van der Waals surface area (Å²) in [4.78, 5) is 22.1. The number of Topliss-reactive ketones (excluding diaryl/α,β-unsaturated/α-hetero) is 1. The van der Waals surface area contributed by atoms with Gasteiger partial charge in [0.15, 0.2) is 5.78 Å². The van der Waals surface area contributed by atoms with E-state index in [-0.39, 0.29) is 12.2 Å². The number of unbranched alkanes of at least 4 members (excludes halogenated alkanes) is 9. The highest BCUT2D eigenvalue weighted by molar-refractivity contribution is 5.82. The van der Waals surface area contributed by atoms with Crippen molar-refractivity contribution in [1.82, 2.24) is 0 Å². The molecule has 130 valence electrons. The van der Waals surface area contributed by atoms with E-state index in [1.54, 1.807) is 0 Å². The molecule has 0 aromatic rings. The van der Waals surface area contributed by atoms with Crippen LogP contribution in [0.3, 0.4) is 0 Å². The van der Waals surface area contributed by atoms with Crippen molar-refractivity contribution in [3.8, 4) is 0 Å². The number of aliphatic carboxylic acids is 1. The summed E-state index contributed by atoms with van der Waals surface area (Å²) >= 11 is 0. The molecule has 0 aliphatic carbocycles. The fourth-order valence-corrected chi connectivity index (χ4v) is 2.55. The van der Waals surface area contributed by atoms with Crippen LogP contribution < -0.4 is 0 Å². The van der Waals surface area contributed by atoms with E-state index in [1.807, 2.05) is 0 Å². The summed E-state index contributed by atoms with van der Waals surface area (Å²) in [7, 11) is 0. The molecule has 0 aliphatic heterocycles. The van der Waals surface area contributed by atoms with Crippen LogP contribution in [0.25, 0.3) is 0 Å². The standard InChI is InChI=1S/C18H34O4/c1-2-3-4-5-7-10-13-16(19)17(20)14-11-8-6-9-12-15-18(21)22/h17,20H,2-15H2,1H3,(H,21,22)/t17-/m1/s1. The Labute approximate surface area is 135 Å². The number of carboxylic acid groups (broad SMARTS) is 1. The van der Waals surface area contributed by atoms with Crippen LogP contribution in [-0.2, 0) is 9.59 Å². The number of aliphatic hydroxyl groups is 1. The zero-order valence-electron chi connectivity index (χ0n) is 14.2. The van der Waals surface area contributed by atoms with Gasteiger partial charge in [-0.1, -0.05) is 64.7 Å². The number of hydrogen-bond acceptors (Lipinski definition) is 3. The minimum atomic E-state index is -0.797. The van der Waals surface area contributed by atoms with Crippen molar-refractivity contribution in [1.29, 1.82) is 0 Å². The third-order valence-corrected chi connectivity index (χ3v) is 4.02. The maximum absolute atomic E-state index is 11.8. The molecule has 4 heteroatoms. The molecule has 0 aromatic carbocycles. The topological polar surface area (TPSA) is 74.6 Å². The van der Waals surface area contributed by atoms with E-state index in [0.717, 1.165) is 44.9 Å².